The van der Waals surface area contributed by atoms with Crippen LogP contribution in [0.4, 0.5) is 0 Å². The summed E-state index contributed by atoms with van der Waals surface area (Å²) < 4.78 is 0. The first-order valence-corrected chi connectivity index (χ1v) is 6.08. The molecule has 0 N–H and O–H groups in total. The Morgan fingerprint density at radius 1 is 1.23 bits per heavy atom. The molecule has 72 valence electrons. The fourth-order valence-corrected chi connectivity index (χ4v) is 2.60. The Labute approximate surface area is 84.4 Å². The Morgan fingerprint density at radius 2 is 2.08 bits per heavy atom. The summed E-state index contributed by atoms with van der Waals surface area (Å²) in [6.07, 6.45) is 5.50. The Kier molecular flexibility index (Phi) is 3.39. The minimum Gasteiger partial charge on any atom is -0.303 e. The van der Waals surface area contributed by atoms with Gasteiger partial charge in [0.2, 0.25) is 0 Å². The van der Waals surface area contributed by atoms with Gasteiger partial charge in [0.25, 0.3) is 0 Å². The van der Waals surface area contributed by atoms with Crippen LogP contribution in [0.5, 0.6) is 0 Å². The van der Waals surface area contributed by atoms with E-state index in [1.165, 1.54) is 50.2 Å². The average Bonchev–Trinajstić information content (AvgIpc) is 2.69. The topological polar surface area (TPSA) is 3.24 Å². The predicted molar refractivity (Wildman–Crippen MR) is 58.3 cm³/mol. The van der Waals surface area contributed by atoms with Crippen molar-refractivity contribution in [3.63, 3.8) is 0 Å². The molecule has 0 amide bonds. The quantitative estimate of drug-likeness (QED) is 0.717. The van der Waals surface area contributed by atoms with Gasteiger partial charge >= 0.3 is 0 Å². The van der Waals surface area contributed by atoms with Crippen molar-refractivity contribution in [3.05, 3.63) is 22.4 Å². The molecule has 2 heteroatoms. The van der Waals surface area contributed by atoms with Crippen molar-refractivity contribution in [2.24, 2.45) is 0 Å². The van der Waals surface area contributed by atoms with Crippen molar-refractivity contribution >= 4 is 11.3 Å². The second kappa shape index (κ2) is 4.77. The molecule has 1 aliphatic heterocycles. The maximum absolute atomic E-state index is 2.60. The number of hydrogen-bond donors (Lipinski definition) is 0. The molecule has 0 aliphatic carbocycles. The number of nitrogens with zero attached hydrogens (tertiary/aromatic N) is 1. The van der Waals surface area contributed by atoms with E-state index in [9.17, 15) is 0 Å². The molecule has 1 aliphatic rings. The Morgan fingerprint density at radius 3 is 2.77 bits per heavy atom. The zero-order valence-corrected chi connectivity index (χ0v) is 8.85. The molecule has 1 aromatic heterocycles. The molecular formula is C11H17NS. The van der Waals surface area contributed by atoms with Gasteiger partial charge in [-0.25, -0.2) is 0 Å². The van der Waals surface area contributed by atoms with Crippen LogP contribution in [0.15, 0.2) is 17.5 Å². The van der Waals surface area contributed by atoms with Crippen LogP contribution in [0, 0.1) is 0 Å². The second-order valence-electron chi connectivity index (χ2n) is 3.73. The predicted octanol–water partition coefficient (Wildman–Crippen LogP) is 2.78. The van der Waals surface area contributed by atoms with E-state index in [4.69, 9.17) is 0 Å². The lowest BCUT2D eigenvalue weighted by Gasteiger charge is -2.25. The van der Waals surface area contributed by atoms with Gasteiger partial charge < -0.3 is 4.90 Å². The lowest BCUT2D eigenvalue weighted by atomic mass is 10.1. The van der Waals surface area contributed by atoms with E-state index in [1.54, 1.807) is 0 Å². The Bertz CT molecular complexity index is 224. The van der Waals surface area contributed by atoms with E-state index in [-0.39, 0.29) is 0 Å². The van der Waals surface area contributed by atoms with Crippen LogP contribution >= 0.6 is 11.3 Å². The van der Waals surface area contributed by atoms with Crippen molar-refractivity contribution in [2.75, 3.05) is 19.6 Å². The molecule has 0 saturated carbocycles. The molecule has 0 radical (unpaired) electrons. The van der Waals surface area contributed by atoms with E-state index in [1.807, 2.05) is 11.3 Å². The maximum Gasteiger partial charge on any atom is 0.00579 e. The minimum atomic E-state index is 1.25. The van der Waals surface area contributed by atoms with Crippen LogP contribution in [-0.2, 0) is 6.42 Å². The van der Waals surface area contributed by atoms with E-state index in [2.05, 4.69) is 22.4 Å². The van der Waals surface area contributed by atoms with Crippen LogP contribution < -0.4 is 0 Å². The third-order valence-corrected chi connectivity index (χ3v) is 3.64. The summed E-state index contributed by atoms with van der Waals surface area (Å²) in [4.78, 5) is 4.13. The second-order valence-corrected chi connectivity index (χ2v) is 4.76. The third-order valence-electron chi connectivity index (χ3n) is 2.70. The van der Waals surface area contributed by atoms with E-state index in [0.29, 0.717) is 0 Å². The zero-order chi connectivity index (χ0) is 8.93. The van der Waals surface area contributed by atoms with Gasteiger partial charge in [-0.1, -0.05) is 12.5 Å². The monoisotopic (exact) mass is 195 g/mol. The standard InChI is InChI=1S/C11H17NS/c1-2-7-12(8-3-1)9-6-11-5-4-10-13-11/h4-5,10H,1-3,6-9H2. The van der Waals surface area contributed by atoms with Crippen molar-refractivity contribution < 1.29 is 0 Å². The average molecular weight is 195 g/mol. The normalized spacial score (nSPS) is 19.1. The van der Waals surface area contributed by atoms with Gasteiger partial charge in [-0.2, -0.15) is 0 Å². The summed E-state index contributed by atoms with van der Waals surface area (Å²) in [5, 5.41) is 2.17. The number of likely N-dealkylation sites (tertiary alicyclic amines) is 1. The molecule has 0 atom stereocenters. The van der Waals surface area contributed by atoms with Crippen LogP contribution in [0.2, 0.25) is 0 Å². The van der Waals surface area contributed by atoms with Gasteiger partial charge in [0.15, 0.2) is 0 Å². The maximum atomic E-state index is 2.60. The SMILES string of the molecule is c1csc(CCN2CCCCC2)c1. The smallest absolute Gasteiger partial charge is 0.00579 e. The van der Waals surface area contributed by atoms with Gasteiger partial charge in [0, 0.05) is 11.4 Å². The summed E-state index contributed by atoms with van der Waals surface area (Å²) in [6.45, 7) is 3.91. The van der Waals surface area contributed by atoms with Gasteiger partial charge in [0.1, 0.15) is 0 Å². The summed E-state index contributed by atoms with van der Waals surface area (Å²) >= 11 is 1.88. The van der Waals surface area contributed by atoms with Crippen LogP contribution in [0.1, 0.15) is 24.1 Å². The van der Waals surface area contributed by atoms with E-state index >= 15 is 0 Å². The lowest BCUT2D eigenvalue weighted by Crippen LogP contribution is -2.31. The first kappa shape index (κ1) is 9.22. The van der Waals surface area contributed by atoms with Gasteiger partial charge in [-0.05, 0) is 43.8 Å². The lowest BCUT2D eigenvalue weighted by molar-refractivity contribution is 0.232. The molecule has 0 unspecified atom stereocenters. The van der Waals surface area contributed by atoms with Crippen molar-refractivity contribution in [2.45, 2.75) is 25.7 Å². The highest BCUT2D eigenvalue weighted by atomic mass is 32.1. The van der Waals surface area contributed by atoms with Crippen molar-refractivity contribution in [1.29, 1.82) is 0 Å². The Balaban J connectivity index is 1.72. The molecule has 1 saturated heterocycles. The molecule has 2 heterocycles. The molecule has 0 aromatic carbocycles. The molecule has 1 aromatic rings. The highest BCUT2D eigenvalue weighted by Crippen LogP contribution is 2.12. The van der Waals surface area contributed by atoms with E-state index in [0.717, 1.165) is 0 Å². The molecular weight excluding hydrogens is 178 g/mol. The van der Waals surface area contributed by atoms with Crippen molar-refractivity contribution in [3.8, 4) is 0 Å². The van der Waals surface area contributed by atoms with Crippen LogP contribution in [-0.4, -0.2) is 24.5 Å². The van der Waals surface area contributed by atoms with Crippen LogP contribution in [0.25, 0.3) is 0 Å². The molecule has 0 bridgehead atoms. The number of rotatable bonds is 3. The first-order valence-electron chi connectivity index (χ1n) is 5.20. The summed E-state index contributed by atoms with van der Waals surface area (Å²) in [6, 6.07) is 4.39. The zero-order valence-electron chi connectivity index (χ0n) is 8.04. The largest absolute Gasteiger partial charge is 0.303 e. The van der Waals surface area contributed by atoms with Gasteiger partial charge in [-0.15, -0.1) is 11.3 Å². The molecule has 2 rings (SSSR count). The number of piperidine rings is 1. The molecule has 0 spiro atoms. The fourth-order valence-electron chi connectivity index (χ4n) is 1.91. The van der Waals surface area contributed by atoms with Gasteiger partial charge in [-0.3, -0.25) is 0 Å². The third kappa shape index (κ3) is 2.82. The Hall–Kier alpha value is -0.340. The molecule has 1 nitrogen and oxygen atoms in total. The minimum absolute atomic E-state index is 1.25. The van der Waals surface area contributed by atoms with Crippen LogP contribution in [0.3, 0.4) is 0 Å². The first-order chi connectivity index (χ1) is 6.45. The number of hydrogen-bond acceptors (Lipinski definition) is 2. The summed E-state index contributed by atoms with van der Waals surface area (Å²) in [7, 11) is 0. The molecule has 1 fully saturated rings. The molecule has 13 heavy (non-hydrogen) atoms. The summed E-state index contributed by atoms with van der Waals surface area (Å²) in [5.74, 6) is 0. The van der Waals surface area contributed by atoms with E-state index < -0.39 is 0 Å². The highest BCUT2D eigenvalue weighted by Gasteiger charge is 2.09. The highest BCUT2D eigenvalue weighted by molar-refractivity contribution is 7.09. The summed E-state index contributed by atoms with van der Waals surface area (Å²) in [5.41, 5.74) is 0. The van der Waals surface area contributed by atoms with Gasteiger partial charge in [0.05, 0.1) is 0 Å². The fraction of sp³-hybridized carbons (Fsp3) is 0.636. The number of thiophene rings is 1. The van der Waals surface area contributed by atoms with Crippen molar-refractivity contribution in [1.82, 2.24) is 4.90 Å².